The van der Waals surface area contributed by atoms with E-state index in [0.29, 0.717) is 5.95 Å². The van der Waals surface area contributed by atoms with E-state index in [1.807, 2.05) is 44.2 Å². The molecule has 1 aromatic heterocycles. The number of rotatable bonds is 5. The van der Waals surface area contributed by atoms with Crippen LogP contribution >= 0.6 is 11.8 Å². The number of anilines is 1. The zero-order valence-electron chi connectivity index (χ0n) is 11.3. The van der Waals surface area contributed by atoms with E-state index in [0.717, 1.165) is 27.9 Å². The van der Waals surface area contributed by atoms with Crippen LogP contribution in [-0.4, -0.2) is 23.6 Å². The number of aryl methyl sites for hydroxylation is 1. The lowest BCUT2D eigenvalue weighted by atomic mass is 10.3. The van der Waals surface area contributed by atoms with Gasteiger partial charge in [-0.2, -0.15) is 0 Å². The highest BCUT2D eigenvalue weighted by Crippen LogP contribution is 2.34. The monoisotopic (exact) mass is 275 g/mol. The second-order valence-electron chi connectivity index (χ2n) is 3.95. The Bertz CT molecular complexity index is 560. The third-order valence-electron chi connectivity index (χ3n) is 2.45. The van der Waals surface area contributed by atoms with Gasteiger partial charge in [-0.3, -0.25) is 0 Å². The molecule has 2 aromatic rings. The van der Waals surface area contributed by atoms with Gasteiger partial charge < -0.3 is 10.1 Å². The molecule has 0 bridgehead atoms. The molecule has 0 aliphatic carbocycles. The maximum atomic E-state index is 5.35. The van der Waals surface area contributed by atoms with Crippen molar-refractivity contribution < 1.29 is 4.74 Å². The van der Waals surface area contributed by atoms with Crippen LogP contribution in [0.25, 0.3) is 0 Å². The number of benzene rings is 1. The normalized spacial score (nSPS) is 10.3. The molecule has 0 saturated heterocycles. The summed E-state index contributed by atoms with van der Waals surface area (Å²) < 4.78 is 5.35. The minimum atomic E-state index is 0.667. The number of methoxy groups -OCH3 is 1. The van der Waals surface area contributed by atoms with Crippen molar-refractivity contribution in [2.45, 2.75) is 23.8 Å². The van der Waals surface area contributed by atoms with Crippen LogP contribution < -0.4 is 10.1 Å². The van der Waals surface area contributed by atoms with Gasteiger partial charge in [0.1, 0.15) is 10.8 Å². The van der Waals surface area contributed by atoms with Gasteiger partial charge >= 0.3 is 0 Å². The van der Waals surface area contributed by atoms with Crippen LogP contribution in [0.4, 0.5) is 5.95 Å². The summed E-state index contributed by atoms with van der Waals surface area (Å²) in [6.45, 7) is 4.80. The molecule has 0 amide bonds. The molecule has 1 heterocycles. The summed E-state index contributed by atoms with van der Waals surface area (Å²) in [7, 11) is 1.68. The van der Waals surface area contributed by atoms with Crippen LogP contribution in [0.3, 0.4) is 0 Å². The Balaban J connectivity index is 2.27. The average molecular weight is 275 g/mol. The molecule has 0 spiro atoms. The zero-order valence-corrected chi connectivity index (χ0v) is 12.1. The minimum absolute atomic E-state index is 0.667. The molecule has 0 unspecified atom stereocenters. The predicted octanol–water partition coefficient (Wildman–Crippen LogP) is 3.38. The molecule has 0 radical (unpaired) electrons. The third kappa shape index (κ3) is 3.61. The molecule has 1 N–H and O–H groups in total. The number of hydrogen-bond acceptors (Lipinski definition) is 5. The third-order valence-corrected chi connectivity index (χ3v) is 3.42. The fraction of sp³-hybridized carbons (Fsp3) is 0.286. The molecule has 2 rings (SSSR count). The second kappa shape index (κ2) is 6.43. The summed E-state index contributed by atoms with van der Waals surface area (Å²) >= 11 is 1.58. The van der Waals surface area contributed by atoms with E-state index in [9.17, 15) is 0 Å². The van der Waals surface area contributed by atoms with E-state index in [-0.39, 0.29) is 0 Å². The molecule has 19 heavy (non-hydrogen) atoms. The highest BCUT2D eigenvalue weighted by atomic mass is 32.2. The lowest BCUT2D eigenvalue weighted by Crippen LogP contribution is -2.03. The second-order valence-corrected chi connectivity index (χ2v) is 5.02. The van der Waals surface area contributed by atoms with Gasteiger partial charge in [0.25, 0.3) is 0 Å². The summed E-state index contributed by atoms with van der Waals surface area (Å²) in [6, 6.07) is 9.88. The zero-order chi connectivity index (χ0) is 13.7. The number of para-hydroxylation sites is 1. The minimum Gasteiger partial charge on any atom is -0.496 e. The smallest absolute Gasteiger partial charge is 0.223 e. The Morgan fingerprint density at radius 3 is 2.79 bits per heavy atom. The van der Waals surface area contributed by atoms with Gasteiger partial charge in [-0.1, -0.05) is 23.9 Å². The van der Waals surface area contributed by atoms with Gasteiger partial charge in [0.2, 0.25) is 5.95 Å². The van der Waals surface area contributed by atoms with Crippen molar-refractivity contribution in [3.05, 3.63) is 36.0 Å². The van der Waals surface area contributed by atoms with E-state index in [2.05, 4.69) is 15.3 Å². The van der Waals surface area contributed by atoms with Crippen molar-refractivity contribution in [1.29, 1.82) is 0 Å². The number of ether oxygens (including phenoxy) is 1. The maximum absolute atomic E-state index is 5.35. The predicted molar refractivity (Wildman–Crippen MR) is 78.0 cm³/mol. The Labute approximate surface area is 117 Å². The van der Waals surface area contributed by atoms with Crippen molar-refractivity contribution in [1.82, 2.24) is 9.97 Å². The van der Waals surface area contributed by atoms with E-state index in [1.165, 1.54) is 0 Å². The molecule has 100 valence electrons. The summed E-state index contributed by atoms with van der Waals surface area (Å²) in [4.78, 5) is 9.87. The van der Waals surface area contributed by atoms with Crippen molar-refractivity contribution in [3.8, 4) is 5.75 Å². The van der Waals surface area contributed by atoms with E-state index in [1.54, 1.807) is 18.9 Å². The number of aromatic nitrogens is 2. The van der Waals surface area contributed by atoms with Gasteiger partial charge in [-0.15, -0.1) is 0 Å². The lowest BCUT2D eigenvalue weighted by Gasteiger charge is -2.09. The van der Waals surface area contributed by atoms with Crippen LogP contribution in [0.15, 0.2) is 40.3 Å². The standard InChI is InChI=1S/C14H17N3OS/c1-4-15-14-16-10(2)9-13(17-14)19-12-8-6-5-7-11(12)18-3/h5-9H,4H2,1-3H3,(H,15,16,17). The van der Waals surface area contributed by atoms with Crippen LogP contribution in [0.1, 0.15) is 12.6 Å². The first-order valence-electron chi connectivity index (χ1n) is 6.13. The van der Waals surface area contributed by atoms with Crippen LogP contribution in [-0.2, 0) is 0 Å². The van der Waals surface area contributed by atoms with Crippen molar-refractivity contribution in [2.75, 3.05) is 19.0 Å². The van der Waals surface area contributed by atoms with Gasteiger partial charge in [-0.05, 0) is 32.0 Å². The van der Waals surface area contributed by atoms with Gasteiger partial charge in [-0.25, -0.2) is 9.97 Å². The first-order valence-corrected chi connectivity index (χ1v) is 6.95. The molecule has 0 atom stereocenters. The van der Waals surface area contributed by atoms with Gasteiger partial charge in [0, 0.05) is 12.2 Å². The molecule has 0 aliphatic heterocycles. The van der Waals surface area contributed by atoms with Crippen molar-refractivity contribution >= 4 is 17.7 Å². The molecule has 0 aliphatic rings. The Kier molecular flexibility index (Phi) is 4.63. The number of nitrogens with zero attached hydrogens (tertiary/aromatic N) is 2. The molecule has 5 heteroatoms. The fourth-order valence-corrected chi connectivity index (χ4v) is 2.63. The molecular formula is C14H17N3OS. The van der Waals surface area contributed by atoms with E-state index >= 15 is 0 Å². The van der Waals surface area contributed by atoms with Crippen molar-refractivity contribution in [2.24, 2.45) is 0 Å². The van der Waals surface area contributed by atoms with Crippen LogP contribution in [0.2, 0.25) is 0 Å². The number of nitrogens with one attached hydrogen (secondary N) is 1. The lowest BCUT2D eigenvalue weighted by molar-refractivity contribution is 0.405. The Hall–Kier alpha value is -1.75. The van der Waals surface area contributed by atoms with Crippen molar-refractivity contribution in [3.63, 3.8) is 0 Å². The van der Waals surface area contributed by atoms with E-state index < -0.39 is 0 Å². The summed E-state index contributed by atoms with van der Waals surface area (Å²) in [5, 5.41) is 4.05. The number of hydrogen-bond donors (Lipinski definition) is 1. The Morgan fingerprint density at radius 2 is 2.05 bits per heavy atom. The molecule has 0 saturated carbocycles. The van der Waals surface area contributed by atoms with E-state index in [4.69, 9.17) is 4.74 Å². The van der Waals surface area contributed by atoms with Gasteiger partial charge in [0.15, 0.2) is 0 Å². The SMILES string of the molecule is CCNc1nc(C)cc(Sc2ccccc2OC)n1. The summed E-state index contributed by atoms with van der Waals surface area (Å²) in [6.07, 6.45) is 0. The maximum Gasteiger partial charge on any atom is 0.223 e. The first kappa shape index (κ1) is 13.7. The topological polar surface area (TPSA) is 47.0 Å². The van der Waals surface area contributed by atoms with Crippen LogP contribution in [0.5, 0.6) is 5.75 Å². The largest absolute Gasteiger partial charge is 0.496 e. The van der Waals surface area contributed by atoms with Gasteiger partial charge in [0.05, 0.1) is 12.0 Å². The summed E-state index contributed by atoms with van der Waals surface area (Å²) in [5.74, 6) is 1.52. The highest BCUT2D eigenvalue weighted by molar-refractivity contribution is 7.99. The molecular weight excluding hydrogens is 258 g/mol. The molecule has 4 nitrogen and oxygen atoms in total. The quantitative estimate of drug-likeness (QED) is 0.848. The highest BCUT2D eigenvalue weighted by Gasteiger charge is 2.07. The summed E-state index contributed by atoms with van der Waals surface area (Å²) in [5.41, 5.74) is 0.948. The Morgan fingerprint density at radius 1 is 1.26 bits per heavy atom. The molecule has 0 fully saturated rings. The first-order chi connectivity index (χ1) is 9.22. The average Bonchev–Trinajstić information content (AvgIpc) is 2.39. The molecule has 1 aromatic carbocycles. The van der Waals surface area contributed by atoms with Crippen LogP contribution in [0, 0.1) is 6.92 Å². The fourth-order valence-electron chi connectivity index (χ4n) is 1.64.